The van der Waals surface area contributed by atoms with Crippen molar-refractivity contribution in [3.63, 3.8) is 0 Å². The molecule has 0 saturated carbocycles. The number of nitrogens with zero attached hydrogens (tertiary/aromatic N) is 3. The van der Waals surface area contributed by atoms with E-state index in [9.17, 15) is 9.59 Å². The van der Waals surface area contributed by atoms with Crippen LogP contribution in [0.4, 0.5) is 11.4 Å². The average molecular weight is 466 g/mol. The number of amides is 2. The first-order valence-electron chi connectivity index (χ1n) is 10.4. The number of ether oxygens (including phenoxy) is 1. The number of hydrogen-bond donors (Lipinski definition) is 2. The van der Waals surface area contributed by atoms with Crippen LogP contribution < -0.4 is 15.4 Å². The molecule has 0 aliphatic rings. The topological polar surface area (TPSA) is 98.1 Å². The zero-order chi connectivity index (χ0) is 23.8. The van der Waals surface area contributed by atoms with Crippen molar-refractivity contribution in [3.8, 4) is 5.75 Å². The van der Waals surface area contributed by atoms with Crippen molar-refractivity contribution in [2.45, 2.75) is 32.0 Å². The van der Waals surface area contributed by atoms with Crippen molar-refractivity contribution in [1.29, 1.82) is 0 Å². The molecular weight excluding hydrogens is 438 g/mol. The van der Waals surface area contributed by atoms with Gasteiger partial charge in [0.2, 0.25) is 11.8 Å². The molecule has 0 aliphatic heterocycles. The minimum absolute atomic E-state index is 0.0220. The Morgan fingerprint density at radius 2 is 1.85 bits per heavy atom. The summed E-state index contributed by atoms with van der Waals surface area (Å²) in [6.07, 6.45) is 1.72. The molecule has 2 N–H and O–H groups in total. The molecule has 0 aliphatic carbocycles. The van der Waals surface area contributed by atoms with E-state index >= 15 is 0 Å². The fourth-order valence-corrected chi connectivity index (χ4v) is 3.99. The smallest absolute Gasteiger partial charge is 0.234 e. The quantitative estimate of drug-likeness (QED) is 0.347. The summed E-state index contributed by atoms with van der Waals surface area (Å²) in [7, 11) is 1.55. The molecule has 0 bridgehead atoms. The minimum Gasteiger partial charge on any atom is -0.495 e. The zero-order valence-corrected chi connectivity index (χ0v) is 19.7. The summed E-state index contributed by atoms with van der Waals surface area (Å²) in [5.74, 6) is 0.830. The van der Waals surface area contributed by atoms with Gasteiger partial charge in [0.25, 0.3) is 0 Å². The second-order valence-electron chi connectivity index (χ2n) is 7.38. The van der Waals surface area contributed by atoms with Gasteiger partial charge in [-0.25, -0.2) is 0 Å². The molecule has 0 atom stereocenters. The maximum absolute atomic E-state index is 12.6. The van der Waals surface area contributed by atoms with Gasteiger partial charge in [0.05, 0.1) is 25.0 Å². The van der Waals surface area contributed by atoms with Crippen LogP contribution in [0.1, 0.15) is 17.0 Å². The molecule has 0 fully saturated rings. The van der Waals surface area contributed by atoms with Gasteiger partial charge >= 0.3 is 0 Å². The van der Waals surface area contributed by atoms with Gasteiger partial charge < -0.3 is 19.9 Å². The number of anilines is 2. The van der Waals surface area contributed by atoms with Crippen LogP contribution in [0, 0.1) is 13.8 Å². The van der Waals surface area contributed by atoms with Crippen molar-refractivity contribution < 1.29 is 14.3 Å². The van der Waals surface area contributed by atoms with Crippen LogP contribution >= 0.6 is 11.8 Å². The van der Waals surface area contributed by atoms with Crippen LogP contribution in [0.15, 0.2) is 60.3 Å². The lowest BCUT2D eigenvalue weighted by molar-refractivity contribution is -0.116. The third-order valence-corrected chi connectivity index (χ3v) is 5.76. The molecule has 0 radical (unpaired) electrons. The monoisotopic (exact) mass is 465 g/mol. The van der Waals surface area contributed by atoms with Gasteiger partial charge in [0, 0.05) is 12.2 Å². The molecule has 33 heavy (non-hydrogen) atoms. The molecule has 1 heterocycles. The summed E-state index contributed by atoms with van der Waals surface area (Å²) in [6.45, 7) is 8.16. The van der Waals surface area contributed by atoms with Crippen molar-refractivity contribution in [2.24, 2.45) is 0 Å². The molecule has 0 saturated heterocycles. The van der Waals surface area contributed by atoms with Gasteiger partial charge in [-0.05, 0) is 37.6 Å². The van der Waals surface area contributed by atoms with Gasteiger partial charge in [0.1, 0.15) is 11.6 Å². The Labute approximate surface area is 197 Å². The highest BCUT2D eigenvalue weighted by Crippen LogP contribution is 2.24. The van der Waals surface area contributed by atoms with Gasteiger partial charge in [-0.15, -0.1) is 16.8 Å². The molecule has 3 rings (SSSR count). The van der Waals surface area contributed by atoms with Crippen LogP contribution in [0.5, 0.6) is 5.75 Å². The maximum Gasteiger partial charge on any atom is 0.234 e. The fourth-order valence-electron chi connectivity index (χ4n) is 3.23. The molecule has 8 nitrogen and oxygen atoms in total. The number of aryl methyl sites for hydroxylation is 2. The molecule has 172 valence electrons. The predicted molar refractivity (Wildman–Crippen MR) is 131 cm³/mol. The highest BCUT2D eigenvalue weighted by atomic mass is 32.2. The highest BCUT2D eigenvalue weighted by molar-refractivity contribution is 7.99. The van der Waals surface area contributed by atoms with Crippen molar-refractivity contribution >= 4 is 35.0 Å². The Bertz CT molecular complexity index is 1160. The standard InChI is InChI=1S/C24H27N5O3S/c1-5-12-29-21(14-22(30)26-19-8-6-7-9-20(19)32-4)27-28-24(29)33-15-23(31)25-18-11-10-16(2)13-17(18)3/h5-11,13H,1,12,14-15H2,2-4H3,(H,25,31)(H,26,30). The van der Waals surface area contributed by atoms with E-state index in [4.69, 9.17) is 4.74 Å². The molecule has 9 heteroatoms. The van der Waals surface area contributed by atoms with Crippen LogP contribution in [-0.2, 0) is 22.6 Å². The molecular formula is C24H27N5O3S. The van der Waals surface area contributed by atoms with E-state index in [1.165, 1.54) is 11.8 Å². The number of rotatable bonds is 10. The second kappa shape index (κ2) is 11.3. The van der Waals surface area contributed by atoms with Gasteiger partial charge in [0.15, 0.2) is 5.16 Å². The Balaban J connectivity index is 1.64. The molecule has 2 aromatic carbocycles. The molecule has 2 amide bonds. The number of allylic oxidation sites excluding steroid dienone is 1. The van der Waals surface area contributed by atoms with Crippen LogP contribution in [-0.4, -0.2) is 39.4 Å². The Morgan fingerprint density at radius 1 is 1.09 bits per heavy atom. The van der Waals surface area contributed by atoms with E-state index in [1.807, 2.05) is 44.2 Å². The number of methoxy groups -OCH3 is 1. The maximum atomic E-state index is 12.6. The number of benzene rings is 2. The van der Waals surface area contributed by atoms with Crippen molar-refractivity contribution in [1.82, 2.24) is 14.8 Å². The number of nitrogens with one attached hydrogen (secondary N) is 2. The predicted octanol–water partition coefficient (Wildman–Crippen LogP) is 4.00. The first-order valence-corrected chi connectivity index (χ1v) is 11.4. The summed E-state index contributed by atoms with van der Waals surface area (Å²) in [5, 5.41) is 14.6. The summed E-state index contributed by atoms with van der Waals surface area (Å²) in [6, 6.07) is 13.1. The van der Waals surface area contributed by atoms with Crippen LogP contribution in [0.25, 0.3) is 0 Å². The van der Waals surface area contributed by atoms with Gasteiger partial charge in [-0.1, -0.05) is 47.7 Å². The Hall–Kier alpha value is -3.59. The molecule has 1 aromatic heterocycles. The summed E-state index contributed by atoms with van der Waals surface area (Å²) in [4.78, 5) is 25.1. The third kappa shape index (κ3) is 6.45. The van der Waals surface area contributed by atoms with E-state index in [1.54, 1.807) is 29.9 Å². The van der Waals surface area contributed by atoms with E-state index < -0.39 is 0 Å². The SMILES string of the molecule is C=CCn1c(CC(=O)Nc2ccccc2OC)nnc1SCC(=O)Nc1ccc(C)cc1C. The number of para-hydroxylation sites is 2. The normalized spacial score (nSPS) is 10.5. The first-order chi connectivity index (χ1) is 15.9. The number of thioether (sulfide) groups is 1. The number of carbonyl (C=O) groups excluding carboxylic acids is 2. The number of hydrogen-bond acceptors (Lipinski definition) is 6. The highest BCUT2D eigenvalue weighted by Gasteiger charge is 2.17. The molecule has 0 spiro atoms. The first kappa shape index (κ1) is 24.1. The van der Waals surface area contributed by atoms with Crippen LogP contribution in [0.2, 0.25) is 0 Å². The summed E-state index contributed by atoms with van der Waals surface area (Å²) < 4.78 is 7.05. The van der Waals surface area contributed by atoms with Crippen molar-refractivity contribution in [2.75, 3.05) is 23.5 Å². The van der Waals surface area contributed by atoms with Crippen LogP contribution in [0.3, 0.4) is 0 Å². The molecule has 3 aromatic rings. The molecule has 0 unspecified atom stereocenters. The lowest BCUT2D eigenvalue weighted by Gasteiger charge is -2.11. The van der Waals surface area contributed by atoms with E-state index in [0.29, 0.717) is 29.0 Å². The van der Waals surface area contributed by atoms with E-state index in [0.717, 1.165) is 16.8 Å². The summed E-state index contributed by atoms with van der Waals surface area (Å²) in [5.41, 5.74) is 3.51. The van der Waals surface area contributed by atoms with E-state index in [-0.39, 0.29) is 24.0 Å². The van der Waals surface area contributed by atoms with Gasteiger partial charge in [-0.2, -0.15) is 0 Å². The zero-order valence-electron chi connectivity index (χ0n) is 18.9. The lowest BCUT2D eigenvalue weighted by atomic mass is 10.1. The minimum atomic E-state index is -0.249. The number of carbonyl (C=O) groups is 2. The largest absolute Gasteiger partial charge is 0.495 e. The number of aromatic nitrogens is 3. The lowest BCUT2D eigenvalue weighted by Crippen LogP contribution is -2.18. The third-order valence-electron chi connectivity index (χ3n) is 4.79. The summed E-state index contributed by atoms with van der Waals surface area (Å²) >= 11 is 1.26. The van der Waals surface area contributed by atoms with E-state index in [2.05, 4.69) is 27.4 Å². The van der Waals surface area contributed by atoms with Crippen molar-refractivity contribution in [3.05, 3.63) is 72.1 Å². The fraction of sp³-hybridized carbons (Fsp3) is 0.250. The Morgan fingerprint density at radius 3 is 2.58 bits per heavy atom. The van der Waals surface area contributed by atoms with Gasteiger partial charge in [-0.3, -0.25) is 9.59 Å². The second-order valence-corrected chi connectivity index (χ2v) is 8.32. The Kier molecular flexibility index (Phi) is 8.26. The average Bonchev–Trinajstić information content (AvgIpc) is 3.16.